The Bertz CT molecular complexity index is 879. The van der Waals surface area contributed by atoms with E-state index in [1.807, 2.05) is 11.2 Å². The number of carbonyl (C=O) groups is 1. The quantitative estimate of drug-likeness (QED) is 0.705. The van der Waals surface area contributed by atoms with Crippen molar-refractivity contribution >= 4 is 5.91 Å². The van der Waals surface area contributed by atoms with Gasteiger partial charge in [0.15, 0.2) is 5.69 Å². The van der Waals surface area contributed by atoms with Crippen LogP contribution in [0.15, 0.2) is 30.6 Å². The fourth-order valence-electron chi connectivity index (χ4n) is 5.01. The molecule has 0 bridgehead atoms. The molecular formula is C23H30F3N5O. The molecule has 1 saturated heterocycles. The highest BCUT2D eigenvalue weighted by atomic mass is 19.4. The third-order valence-corrected chi connectivity index (χ3v) is 6.61. The number of amides is 1. The van der Waals surface area contributed by atoms with Gasteiger partial charge in [-0.05, 0) is 49.8 Å². The lowest BCUT2D eigenvalue weighted by atomic mass is 9.90. The van der Waals surface area contributed by atoms with Crippen LogP contribution in [0.2, 0.25) is 0 Å². The average Bonchev–Trinajstić information content (AvgIpc) is 3.31. The number of rotatable bonds is 6. The molecule has 6 nitrogen and oxygen atoms in total. The predicted molar refractivity (Wildman–Crippen MR) is 114 cm³/mol. The van der Waals surface area contributed by atoms with Crippen LogP contribution in [0.4, 0.5) is 13.2 Å². The van der Waals surface area contributed by atoms with Crippen molar-refractivity contribution in [2.24, 2.45) is 5.92 Å². The van der Waals surface area contributed by atoms with E-state index >= 15 is 0 Å². The Labute approximate surface area is 186 Å². The van der Waals surface area contributed by atoms with Crippen LogP contribution in [0.25, 0.3) is 0 Å². The molecule has 0 radical (unpaired) electrons. The highest BCUT2D eigenvalue weighted by molar-refractivity contribution is 5.92. The zero-order valence-corrected chi connectivity index (χ0v) is 18.2. The van der Waals surface area contributed by atoms with Crippen molar-refractivity contribution in [2.75, 3.05) is 19.6 Å². The van der Waals surface area contributed by atoms with Gasteiger partial charge in [-0.3, -0.25) is 14.9 Å². The molecule has 1 amide bonds. The molecule has 3 heterocycles. The van der Waals surface area contributed by atoms with Crippen LogP contribution in [0.1, 0.15) is 66.7 Å². The number of halogens is 3. The van der Waals surface area contributed by atoms with Crippen molar-refractivity contribution in [1.82, 2.24) is 25.0 Å². The molecule has 1 unspecified atom stereocenters. The van der Waals surface area contributed by atoms with Crippen molar-refractivity contribution in [1.29, 1.82) is 0 Å². The first-order chi connectivity index (χ1) is 15.4. The number of piperidine rings is 1. The van der Waals surface area contributed by atoms with E-state index in [4.69, 9.17) is 0 Å². The van der Waals surface area contributed by atoms with Gasteiger partial charge in [-0.1, -0.05) is 25.3 Å². The van der Waals surface area contributed by atoms with Gasteiger partial charge < -0.3 is 9.80 Å². The molecule has 2 aliphatic rings. The third kappa shape index (κ3) is 5.68. The number of H-pyrrole nitrogens is 1. The van der Waals surface area contributed by atoms with Gasteiger partial charge in [-0.25, -0.2) is 0 Å². The second-order valence-corrected chi connectivity index (χ2v) is 9.01. The lowest BCUT2D eigenvalue weighted by Gasteiger charge is -2.41. The van der Waals surface area contributed by atoms with Gasteiger partial charge >= 0.3 is 6.18 Å². The van der Waals surface area contributed by atoms with Crippen LogP contribution in [0.3, 0.4) is 0 Å². The number of hydrogen-bond acceptors (Lipinski definition) is 4. The van der Waals surface area contributed by atoms with Gasteiger partial charge in [0.25, 0.3) is 5.91 Å². The summed E-state index contributed by atoms with van der Waals surface area (Å²) in [7, 11) is 0. The van der Waals surface area contributed by atoms with Gasteiger partial charge in [0.2, 0.25) is 0 Å². The zero-order chi connectivity index (χ0) is 22.6. The van der Waals surface area contributed by atoms with Crippen LogP contribution in [0, 0.1) is 5.92 Å². The molecule has 1 saturated carbocycles. The van der Waals surface area contributed by atoms with Crippen molar-refractivity contribution in [3.8, 4) is 0 Å². The SMILES string of the molecule is O=C(c1cc(C(F)(F)F)[nH]n1)N(Cc1cccnc1)CC1CCCN(C2CCCCC2)C1. The smallest absolute Gasteiger partial charge is 0.333 e. The maximum absolute atomic E-state index is 13.2. The Morgan fingerprint density at radius 2 is 2.00 bits per heavy atom. The first kappa shape index (κ1) is 22.8. The summed E-state index contributed by atoms with van der Waals surface area (Å²) >= 11 is 0. The zero-order valence-electron chi connectivity index (χ0n) is 18.2. The molecule has 2 aromatic heterocycles. The topological polar surface area (TPSA) is 65.1 Å². The first-order valence-corrected chi connectivity index (χ1v) is 11.4. The summed E-state index contributed by atoms with van der Waals surface area (Å²) in [6.45, 7) is 2.80. The van der Waals surface area contributed by atoms with Crippen LogP contribution >= 0.6 is 0 Å². The van der Waals surface area contributed by atoms with E-state index < -0.39 is 17.8 Å². The number of aromatic nitrogens is 3. The Hall–Kier alpha value is -2.42. The van der Waals surface area contributed by atoms with Gasteiger partial charge in [0, 0.05) is 44.1 Å². The normalized spacial score (nSPS) is 20.9. The minimum atomic E-state index is -4.57. The Balaban J connectivity index is 1.48. The van der Waals surface area contributed by atoms with Crippen molar-refractivity contribution < 1.29 is 18.0 Å². The summed E-state index contributed by atoms with van der Waals surface area (Å²) in [6.07, 6.45) is 7.19. The standard InChI is InChI=1S/C23H30F3N5O/c24-23(25,26)21-12-20(28-29-21)22(32)31(14-17-6-4-10-27-13-17)16-18-7-5-11-30(15-18)19-8-2-1-3-9-19/h4,6,10,12-13,18-19H,1-3,5,7-9,11,14-16H2,(H,28,29). The van der Waals surface area contributed by atoms with Crippen LogP contribution in [0.5, 0.6) is 0 Å². The van der Waals surface area contributed by atoms with Crippen LogP contribution < -0.4 is 0 Å². The van der Waals surface area contributed by atoms with Crippen LogP contribution in [-0.4, -0.2) is 56.6 Å². The number of aromatic amines is 1. The second-order valence-electron chi connectivity index (χ2n) is 9.01. The summed E-state index contributed by atoms with van der Waals surface area (Å²) in [5.41, 5.74) is -0.378. The molecule has 0 spiro atoms. The van der Waals surface area contributed by atoms with Gasteiger partial charge in [0.1, 0.15) is 5.69 Å². The van der Waals surface area contributed by atoms with E-state index in [1.54, 1.807) is 23.4 Å². The molecule has 0 aromatic carbocycles. The highest BCUT2D eigenvalue weighted by Crippen LogP contribution is 2.29. The summed E-state index contributed by atoms with van der Waals surface area (Å²) in [6, 6.07) is 5.08. The second kappa shape index (κ2) is 10.0. The summed E-state index contributed by atoms with van der Waals surface area (Å²) in [5.74, 6) is -0.206. The lowest BCUT2D eigenvalue weighted by Crippen LogP contribution is -2.47. The van der Waals surface area contributed by atoms with E-state index in [9.17, 15) is 18.0 Å². The lowest BCUT2D eigenvalue weighted by molar-refractivity contribution is -0.141. The van der Waals surface area contributed by atoms with Gasteiger partial charge in [0.05, 0.1) is 0 Å². The number of nitrogens with one attached hydrogen (secondary N) is 1. The summed E-state index contributed by atoms with van der Waals surface area (Å²) in [4.78, 5) is 21.5. The fraction of sp³-hybridized carbons (Fsp3) is 0.609. The number of pyridine rings is 1. The van der Waals surface area contributed by atoms with E-state index in [0.29, 0.717) is 19.1 Å². The van der Waals surface area contributed by atoms with Gasteiger partial charge in [-0.15, -0.1) is 0 Å². The Morgan fingerprint density at radius 1 is 1.19 bits per heavy atom. The fourth-order valence-corrected chi connectivity index (χ4v) is 5.01. The number of nitrogens with zero attached hydrogens (tertiary/aromatic N) is 4. The Kier molecular flexibility index (Phi) is 7.13. The van der Waals surface area contributed by atoms with Crippen molar-refractivity contribution in [3.05, 3.63) is 47.5 Å². The molecule has 2 fully saturated rings. The molecule has 9 heteroatoms. The minimum Gasteiger partial charge on any atom is -0.333 e. The van der Waals surface area contributed by atoms with E-state index in [2.05, 4.69) is 15.0 Å². The highest BCUT2D eigenvalue weighted by Gasteiger charge is 2.35. The van der Waals surface area contributed by atoms with Crippen LogP contribution in [-0.2, 0) is 12.7 Å². The molecular weight excluding hydrogens is 419 g/mol. The first-order valence-electron chi connectivity index (χ1n) is 11.4. The Morgan fingerprint density at radius 3 is 2.69 bits per heavy atom. The average molecular weight is 450 g/mol. The molecule has 1 aliphatic heterocycles. The number of likely N-dealkylation sites (tertiary alicyclic amines) is 1. The monoisotopic (exact) mass is 449 g/mol. The van der Waals surface area contributed by atoms with Crippen molar-refractivity contribution in [3.63, 3.8) is 0 Å². The van der Waals surface area contributed by atoms with Gasteiger partial charge in [-0.2, -0.15) is 18.3 Å². The molecule has 1 atom stereocenters. The molecule has 32 heavy (non-hydrogen) atoms. The summed E-state index contributed by atoms with van der Waals surface area (Å²) < 4.78 is 39.0. The van der Waals surface area contributed by atoms with Crippen molar-refractivity contribution in [2.45, 2.75) is 63.7 Å². The third-order valence-electron chi connectivity index (χ3n) is 6.61. The predicted octanol–water partition coefficient (Wildman–Crippen LogP) is 4.51. The maximum atomic E-state index is 13.2. The minimum absolute atomic E-state index is 0.207. The molecule has 2 aromatic rings. The summed E-state index contributed by atoms with van der Waals surface area (Å²) in [5, 5.41) is 5.62. The molecule has 4 rings (SSSR count). The maximum Gasteiger partial charge on any atom is 0.432 e. The largest absolute Gasteiger partial charge is 0.432 e. The van der Waals surface area contributed by atoms with E-state index in [-0.39, 0.29) is 11.6 Å². The number of carbonyl (C=O) groups excluding carboxylic acids is 1. The number of alkyl halides is 3. The molecule has 1 aliphatic carbocycles. The van der Waals surface area contributed by atoms with E-state index in [1.165, 1.54) is 32.1 Å². The van der Waals surface area contributed by atoms with E-state index in [0.717, 1.165) is 37.6 Å². The molecule has 174 valence electrons. The molecule has 1 N–H and O–H groups in total. The number of hydrogen-bond donors (Lipinski definition) is 1.